The van der Waals surface area contributed by atoms with Gasteiger partial charge in [0.15, 0.2) is 0 Å². The normalized spacial score (nSPS) is 15.8. The molecule has 88 valence electrons. The van der Waals surface area contributed by atoms with Crippen molar-refractivity contribution in [2.24, 2.45) is 0 Å². The smallest absolute Gasteiger partial charge is 0.410 e. The van der Waals surface area contributed by atoms with Crippen molar-refractivity contribution in [3.8, 4) is 0 Å². The Labute approximate surface area is 95.6 Å². The summed E-state index contributed by atoms with van der Waals surface area (Å²) in [5.74, 6) is 0. The quantitative estimate of drug-likeness (QED) is 0.732. The van der Waals surface area contributed by atoms with Gasteiger partial charge in [-0.25, -0.2) is 4.79 Å². The molecule has 16 heavy (non-hydrogen) atoms. The zero-order valence-corrected chi connectivity index (χ0v) is 10.0. The van der Waals surface area contributed by atoms with E-state index in [-0.39, 0.29) is 6.09 Å². The average molecular weight is 222 g/mol. The number of fused-ring (bicyclic) bond motifs is 1. The maximum Gasteiger partial charge on any atom is 0.410 e. The number of aromatic amines is 1. The summed E-state index contributed by atoms with van der Waals surface area (Å²) >= 11 is 0. The van der Waals surface area contributed by atoms with Crippen molar-refractivity contribution in [1.29, 1.82) is 0 Å². The second kappa shape index (κ2) is 3.85. The van der Waals surface area contributed by atoms with Crippen LogP contribution in [-0.4, -0.2) is 28.1 Å². The molecule has 1 aliphatic rings. The summed E-state index contributed by atoms with van der Waals surface area (Å²) in [6, 6.07) is 0. The fraction of sp³-hybridized carbons (Fsp3) is 0.583. The Kier molecular flexibility index (Phi) is 2.66. The van der Waals surface area contributed by atoms with Crippen LogP contribution in [0.3, 0.4) is 0 Å². The van der Waals surface area contributed by atoms with Crippen LogP contribution in [-0.2, 0) is 17.7 Å². The van der Waals surface area contributed by atoms with Crippen molar-refractivity contribution in [2.75, 3.05) is 6.54 Å². The molecule has 1 amide bonds. The van der Waals surface area contributed by atoms with Crippen molar-refractivity contribution >= 4 is 6.09 Å². The van der Waals surface area contributed by atoms with Gasteiger partial charge in [0.25, 0.3) is 0 Å². The summed E-state index contributed by atoms with van der Waals surface area (Å²) in [5.41, 5.74) is 2.08. The van der Waals surface area contributed by atoms with E-state index in [1.165, 1.54) is 11.1 Å². The monoisotopic (exact) mass is 222 g/mol. The molecule has 0 radical (unpaired) electrons. The van der Waals surface area contributed by atoms with Gasteiger partial charge in [0, 0.05) is 18.9 Å². The van der Waals surface area contributed by atoms with Gasteiger partial charge in [0.05, 0.1) is 6.54 Å². The Hall–Kier alpha value is -1.45. The summed E-state index contributed by atoms with van der Waals surface area (Å²) in [6.45, 7) is 7.04. The first-order valence-electron chi connectivity index (χ1n) is 5.58. The topological polar surface area (TPSA) is 45.3 Å². The fourth-order valence-corrected chi connectivity index (χ4v) is 1.83. The Balaban J connectivity index is 2.01. The molecule has 2 heterocycles. The first-order chi connectivity index (χ1) is 7.46. The number of hydrogen-bond acceptors (Lipinski definition) is 2. The lowest BCUT2D eigenvalue weighted by atomic mass is 10.1. The molecule has 1 aromatic heterocycles. The Bertz CT molecular complexity index is 390. The SMILES string of the molecule is CC(C)(C)OC(=O)N1CCc2c[nH]cc2C1. The average Bonchev–Trinajstić information content (AvgIpc) is 2.61. The van der Waals surface area contributed by atoms with Gasteiger partial charge in [-0.3, -0.25) is 0 Å². The molecule has 4 nitrogen and oxygen atoms in total. The molecule has 2 rings (SSSR count). The van der Waals surface area contributed by atoms with Crippen LogP contribution in [0.1, 0.15) is 31.9 Å². The highest BCUT2D eigenvalue weighted by molar-refractivity contribution is 5.68. The van der Waals surface area contributed by atoms with Gasteiger partial charge in [-0.05, 0) is 38.3 Å². The Morgan fingerprint density at radius 1 is 1.38 bits per heavy atom. The number of hydrogen-bond donors (Lipinski definition) is 1. The molecule has 0 aliphatic carbocycles. The van der Waals surface area contributed by atoms with E-state index in [2.05, 4.69) is 4.98 Å². The van der Waals surface area contributed by atoms with Crippen LogP contribution in [0.4, 0.5) is 4.79 Å². The van der Waals surface area contributed by atoms with E-state index in [1.807, 2.05) is 33.2 Å². The molecule has 4 heteroatoms. The molecule has 0 atom stereocenters. The van der Waals surface area contributed by atoms with E-state index >= 15 is 0 Å². The van der Waals surface area contributed by atoms with Gasteiger partial charge in [0.2, 0.25) is 0 Å². The zero-order chi connectivity index (χ0) is 11.8. The predicted molar refractivity (Wildman–Crippen MR) is 61.1 cm³/mol. The minimum absolute atomic E-state index is 0.223. The second-order valence-corrected chi connectivity index (χ2v) is 5.16. The third-order valence-corrected chi connectivity index (χ3v) is 2.59. The summed E-state index contributed by atoms with van der Waals surface area (Å²) in [4.78, 5) is 16.7. The molecule has 0 spiro atoms. The molecule has 0 unspecified atom stereocenters. The molecule has 0 saturated heterocycles. The van der Waals surface area contributed by atoms with Crippen molar-refractivity contribution in [3.05, 3.63) is 23.5 Å². The van der Waals surface area contributed by atoms with Gasteiger partial charge < -0.3 is 14.6 Å². The van der Waals surface area contributed by atoms with Crippen molar-refractivity contribution in [1.82, 2.24) is 9.88 Å². The second-order valence-electron chi connectivity index (χ2n) is 5.16. The molecule has 1 N–H and O–H groups in total. The Morgan fingerprint density at radius 2 is 2.06 bits per heavy atom. The number of rotatable bonds is 0. The predicted octanol–water partition coefficient (Wildman–Crippen LogP) is 2.31. The molecule has 0 aromatic carbocycles. The summed E-state index contributed by atoms with van der Waals surface area (Å²) < 4.78 is 5.35. The van der Waals surface area contributed by atoms with Crippen LogP contribution in [0.15, 0.2) is 12.4 Å². The lowest BCUT2D eigenvalue weighted by molar-refractivity contribution is 0.0224. The minimum atomic E-state index is -0.421. The highest BCUT2D eigenvalue weighted by Gasteiger charge is 2.25. The van der Waals surface area contributed by atoms with E-state index < -0.39 is 5.60 Å². The first-order valence-corrected chi connectivity index (χ1v) is 5.58. The molecule has 0 fully saturated rings. The highest BCUT2D eigenvalue weighted by atomic mass is 16.6. The van der Waals surface area contributed by atoms with Gasteiger partial charge >= 0.3 is 6.09 Å². The van der Waals surface area contributed by atoms with Crippen LogP contribution in [0.2, 0.25) is 0 Å². The number of H-pyrrole nitrogens is 1. The highest BCUT2D eigenvalue weighted by Crippen LogP contribution is 2.20. The lowest BCUT2D eigenvalue weighted by Crippen LogP contribution is -2.39. The van der Waals surface area contributed by atoms with E-state index in [0.29, 0.717) is 6.54 Å². The van der Waals surface area contributed by atoms with E-state index in [0.717, 1.165) is 13.0 Å². The van der Waals surface area contributed by atoms with E-state index in [1.54, 1.807) is 4.90 Å². The van der Waals surface area contributed by atoms with Gasteiger partial charge in [0.1, 0.15) is 5.60 Å². The summed E-state index contributed by atoms with van der Waals surface area (Å²) in [6.07, 6.45) is 4.63. The van der Waals surface area contributed by atoms with Crippen LogP contribution in [0.5, 0.6) is 0 Å². The summed E-state index contributed by atoms with van der Waals surface area (Å²) in [5, 5.41) is 0. The van der Waals surface area contributed by atoms with E-state index in [9.17, 15) is 4.79 Å². The molecular weight excluding hydrogens is 204 g/mol. The van der Waals surface area contributed by atoms with Crippen molar-refractivity contribution in [3.63, 3.8) is 0 Å². The molecule has 1 aromatic rings. The largest absolute Gasteiger partial charge is 0.444 e. The molecule has 1 aliphatic heterocycles. The Morgan fingerprint density at radius 3 is 2.75 bits per heavy atom. The molecular formula is C12H18N2O2. The number of nitrogens with zero attached hydrogens (tertiary/aromatic N) is 1. The number of aromatic nitrogens is 1. The number of carbonyl (C=O) groups is 1. The number of nitrogens with one attached hydrogen (secondary N) is 1. The van der Waals surface area contributed by atoms with Crippen LogP contribution < -0.4 is 0 Å². The number of ether oxygens (including phenoxy) is 1. The molecule has 0 bridgehead atoms. The van der Waals surface area contributed by atoms with Crippen LogP contribution in [0, 0.1) is 0 Å². The standard InChI is InChI=1S/C12H18N2O2/c1-12(2,3)16-11(15)14-5-4-9-6-13-7-10(9)8-14/h6-7,13H,4-5,8H2,1-3H3. The van der Waals surface area contributed by atoms with Crippen LogP contribution >= 0.6 is 0 Å². The minimum Gasteiger partial charge on any atom is -0.444 e. The maximum absolute atomic E-state index is 11.8. The fourth-order valence-electron chi connectivity index (χ4n) is 1.83. The van der Waals surface area contributed by atoms with Crippen LogP contribution in [0.25, 0.3) is 0 Å². The number of carbonyl (C=O) groups excluding carboxylic acids is 1. The van der Waals surface area contributed by atoms with Crippen molar-refractivity contribution < 1.29 is 9.53 Å². The zero-order valence-electron chi connectivity index (χ0n) is 10.0. The third-order valence-electron chi connectivity index (χ3n) is 2.59. The number of amides is 1. The molecule has 0 saturated carbocycles. The van der Waals surface area contributed by atoms with E-state index in [4.69, 9.17) is 4.74 Å². The third kappa shape index (κ3) is 2.38. The van der Waals surface area contributed by atoms with Gasteiger partial charge in [-0.1, -0.05) is 0 Å². The van der Waals surface area contributed by atoms with Gasteiger partial charge in [-0.15, -0.1) is 0 Å². The lowest BCUT2D eigenvalue weighted by Gasteiger charge is -2.29. The summed E-state index contributed by atoms with van der Waals surface area (Å²) in [7, 11) is 0. The maximum atomic E-state index is 11.8. The first kappa shape index (κ1) is 11.0. The van der Waals surface area contributed by atoms with Gasteiger partial charge in [-0.2, -0.15) is 0 Å². The van der Waals surface area contributed by atoms with Crippen molar-refractivity contribution in [2.45, 2.75) is 39.3 Å².